The molecule has 0 amide bonds. The molecule has 3 rings (SSSR count). The first-order chi connectivity index (χ1) is 13.0. The van der Waals surface area contributed by atoms with Gasteiger partial charge in [0.05, 0.1) is 4.92 Å². The van der Waals surface area contributed by atoms with Crippen molar-refractivity contribution in [3.63, 3.8) is 0 Å². The maximum atomic E-state index is 12.6. The molecule has 0 aliphatic carbocycles. The molecule has 0 spiro atoms. The van der Waals surface area contributed by atoms with Gasteiger partial charge in [-0.1, -0.05) is 6.92 Å². The molecule has 1 saturated heterocycles. The number of nitrogens with zero attached hydrogens (tertiary/aromatic N) is 5. The second kappa shape index (κ2) is 8.30. The van der Waals surface area contributed by atoms with Gasteiger partial charge in [0.1, 0.15) is 5.69 Å². The Labute approximate surface area is 158 Å². The fraction of sp³-hybridized carbons (Fsp3) is 0.474. The smallest absolute Gasteiger partial charge is 0.293 e. The van der Waals surface area contributed by atoms with Gasteiger partial charge in [0, 0.05) is 50.7 Å². The van der Waals surface area contributed by atoms with Crippen LogP contribution < -0.4 is 4.90 Å². The molecule has 1 fully saturated rings. The number of rotatable bonds is 6. The van der Waals surface area contributed by atoms with Crippen molar-refractivity contribution in [1.29, 1.82) is 0 Å². The highest BCUT2D eigenvalue weighted by Gasteiger charge is 2.25. The molecule has 2 aromatic rings. The van der Waals surface area contributed by atoms with Crippen LogP contribution in [-0.4, -0.2) is 57.9 Å². The molecular formula is C19H25N5O3. The first-order valence-corrected chi connectivity index (χ1v) is 9.29. The van der Waals surface area contributed by atoms with Crippen molar-refractivity contribution in [1.82, 2.24) is 14.5 Å². The third kappa shape index (κ3) is 4.16. The lowest BCUT2D eigenvalue weighted by molar-refractivity contribution is -0.384. The fourth-order valence-corrected chi connectivity index (χ4v) is 3.54. The Kier molecular flexibility index (Phi) is 5.85. The summed E-state index contributed by atoms with van der Waals surface area (Å²) in [5, 5.41) is 11.7. The molecule has 8 heteroatoms. The highest BCUT2D eigenvalue weighted by atomic mass is 16.6. The van der Waals surface area contributed by atoms with Gasteiger partial charge < -0.3 is 14.4 Å². The van der Waals surface area contributed by atoms with Gasteiger partial charge in [-0.15, -0.1) is 0 Å². The van der Waals surface area contributed by atoms with Crippen LogP contribution in [0.5, 0.6) is 0 Å². The van der Waals surface area contributed by atoms with Crippen LogP contribution in [0.4, 0.5) is 11.4 Å². The normalized spacial score (nSPS) is 15.6. The second-order valence-electron chi connectivity index (χ2n) is 6.83. The minimum Gasteiger partial charge on any atom is -0.365 e. The predicted octanol–water partition coefficient (Wildman–Crippen LogP) is 2.48. The number of hydrogen-bond donors (Lipinski definition) is 0. The SMILES string of the molecule is CCCN1CCCN(c2ccc(C(=O)c3nccn3C)cc2[N+](=O)[O-])CC1. The van der Waals surface area contributed by atoms with E-state index in [2.05, 4.69) is 21.7 Å². The molecule has 1 aromatic heterocycles. The zero-order valence-electron chi connectivity index (χ0n) is 15.8. The Morgan fingerprint density at radius 1 is 1.26 bits per heavy atom. The lowest BCUT2D eigenvalue weighted by atomic mass is 10.1. The van der Waals surface area contributed by atoms with Crippen LogP contribution >= 0.6 is 0 Å². The summed E-state index contributed by atoms with van der Waals surface area (Å²) in [6.07, 6.45) is 5.28. The van der Waals surface area contributed by atoms with Crippen LogP contribution in [0.15, 0.2) is 30.6 Å². The van der Waals surface area contributed by atoms with Crippen molar-refractivity contribution in [3.05, 3.63) is 52.1 Å². The van der Waals surface area contributed by atoms with E-state index < -0.39 is 4.92 Å². The third-order valence-corrected chi connectivity index (χ3v) is 4.93. The van der Waals surface area contributed by atoms with Crippen LogP contribution in [0.25, 0.3) is 0 Å². The van der Waals surface area contributed by atoms with Crippen LogP contribution in [0.3, 0.4) is 0 Å². The Morgan fingerprint density at radius 3 is 2.74 bits per heavy atom. The number of benzene rings is 1. The van der Waals surface area contributed by atoms with Crippen molar-refractivity contribution in [2.24, 2.45) is 7.05 Å². The van der Waals surface area contributed by atoms with Gasteiger partial charge in [-0.3, -0.25) is 14.9 Å². The third-order valence-electron chi connectivity index (χ3n) is 4.93. The summed E-state index contributed by atoms with van der Waals surface area (Å²) in [6, 6.07) is 4.74. The topological polar surface area (TPSA) is 84.5 Å². The molecular weight excluding hydrogens is 346 g/mol. The number of carbonyl (C=O) groups is 1. The number of hydrogen-bond acceptors (Lipinski definition) is 6. The van der Waals surface area contributed by atoms with Gasteiger partial charge in [0.2, 0.25) is 5.78 Å². The minimum atomic E-state index is -0.404. The van der Waals surface area contributed by atoms with Crippen LogP contribution in [-0.2, 0) is 7.05 Å². The van der Waals surface area contributed by atoms with E-state index in [1.807, 2.05) is 0 Å². The standard InChI is InChI=1S/C19H25N5O3/c1-3-8-22-9-4-10-23(13-12-22)16-6-5-15(14-17(16)24(26)27)18(25)19-20-7-11-21(19)2/h5-7,11,14H,3-4,8-10,12-13H2,1-2H3. The van der Waals surface area contributed by atoms with E-state index in [-0.39, 0.29) is 22.9 Å². The molecule has 144 valence electrons. The summed E-state index contributed by atoms with van der Waals surface area (Å²) in [5.41, 5.74) is 0.830. The molecule has 8 nitrogen and oxygen atoms in total. The van der Waals surface area contributed by atoms with Gasteiger partial charge in [-0.2, -0.15) is 0 Å². The number of nitro benzene ring substituents is 1. The monoisotopic (exact) mass is 371 g/mol. The summed E-state index contributed by atoms with van der Waals surface area (Å²) >= 11 is 0. The Bertz CT molecular complexity index is 833. The number of carbonyl (C=O) groups excluding carboxylic acids is 1. The van der Waals surface area contributed by atoms with Gasteiger partial charge >= 0.3 is 0 Å². The summed E-state index contributed by atoms with van der Waals surface area (Å²) in [4.78, 5) is 32.4. The first-order valence-electron chi connectivity index (χ1n) is 9.29. The van der Waals surface area contributed by atoms with Crippen LogP contribution in [0.2, 0.25) is 0 Å². The van der Waals surface area contributed by atoms with Gasteiger partial charge in [-0.25, -0.2) is 4.98 Å². The van der Waals surface area contributed by atoms with Gasteiger partial charge in [-0.05, 0) is 38.1 Å². The molecule has 1 aliphatic rings. The van der Waals surface area contributed by atoms with Crippen molar-refractivity contribution in [2.45, 2.75) is 19.8 Å². The number of aryl methyl sites for hydroxylation is 1. The summed E-state index contributed by atoms with van der Waals surface area (Å²) < 4.78 is 1.61. The van der Waals surface area contributed by atoms with E-state index in [9.17, 15) is 14.9 Å². The Balaban J connectivity index is 1.87. The molecule has 0 N–H and O–H groups in total. The maximum Gasteiger partial charge on any atom is 0.293 e. The van der Waals surface area contributed by atoms with Gasteiger partial charge in [0.15, 0.2) is 5.82 Å². The lowest BCUT2D eigenvalue weighted by Crippen LogP contribution is -2.31. The van der Waals surface area contributed by atoms with Crippen molar-refractivity contribution < 1.29 is 9.72 Å². The molecule has 0 unspecified atom stereocenters. The summed E-state index contributed by atoms with van der Waals surface area (Å²) in [5.74, 6) is -0.0517. The fourth-order valence-electron chi connectivity index (χ4n) is 3.54. The molecule has 0 bridgehead atoms. The molecule has 27 heavy (non-hydrogen) atoms. The number of anilines is 1. The van der Waals surface area contributed by atoms with E-state index >= 15 is 0 Å². The Hall–Kier alpha value is -2.74. The van der Waals surface area contributed by atoms with Gasteiger partial charge in [0.25, 0.3) is 5.69 Å². The van der Waals surface area contributed by atoms with Crippen LogP contribution in [0, 0.1) is 10.1 Å². The summed E-state index contributed by atoms with van der Waals surface area (Å²) in [7, 11) is 1.72. The molecule has 1 aliphatic heterocycles. The zero-order valence-corrected chi connectivity index (χ0v) is 15.8. The van der Waals surface area contributed by atoms with E-state index in [1.165, 1.54) is 12.3 Å². The maximum absolute atomic E-state index is 12.6. The van der Waals surface area contributed by atoms with E-state index in [0.29, 0.717) is 5.69 Å². The largest absolute Gasteiger partial charge is 0.365 e. The molecule has 0 radical (unpaired) electrons. The first kappa shape index (κ1) is 19.0. The number of aromatic nitrogens is 2. The van der Waals surface area contributed by atoms with E-state index in [1.54, 1.807) is 29.9 Å². The second-order valence-corrected chi connectivity index (χ2v) is 6.83. The molecule has 0 atom stereocenters. The number of imidazole rings is 1. The van der Waals surface area contributed by atoms with Crippen molar-refractivity contribution >= 4 is 17.2 Å². The number of nitro groups is 1. The quantitative estimate of drug-likeness (QED) is 0.441. The van der Waals surface area contributed by atoms with E-state index in [0.717, 1.165) is 45.6 Å². The highest BCUT2D eigenvalue weighted by molar-refractivity contribution is 6.07. The van der Waals surface area contributed by atoms with Crippen LogP contribution in [0.1, 0.15) is 35.9 Å². The average Bonchev–Trinajstić information content (AvgIpc) is 2.95. The molecule has 2 heterocycles. The number of ketones is 1. The highest BCUT2D eigenvalue weighted by Crippen LogP contribution is 2.30. The minimum absolute atomic E-state index is 0.0287. The summed E-state index contributed by atoms with van der Waals surface area (Å²) in [6.45, 7) is 6.62. The van der Waals surface area contributed by atoms with Crippen molar-refractivity contribution in [2.75, 3.05) is 37.6 Å². The zero-order chi connectivity index (χ0) is 19.4. The lowest BCUT2D eigenvalue weighted by Gasteiger charge is -2.23. The molecule has 1 aromatic carbocycles. The van der Waals surface area contributed by atoms with E-state index in [4.69, 9.17) is 0 Å². The predicted molar refractivity (Wildman–Crippen MR) is 103 cm³/mol. The Morgan fingerprint density at radius 2 is 2.07 bits per heavy atom. The average molecular weight is 371 g/mol. The molecule has 0 saturated carbocycles. The van der Waals surface area contributed by atoms with Crippen molar-refractivity contribution in [3.8, 4) is 0 Å².